The van der Waals surface area contributed by atoms with E-state index in [1.165, 1.54) is 24.2 Å². The molecular formula is C8H12N2O2S. The first-order valence-corrected chi connectivity index (χ1v) is 5.12. The average molecular weight is 200 g/mol. The maximum Gasteiger partial charge on any atom is 0.275 e. The summed E-state index contributed by atoms with van der Waals surface area (Å²) in [6, 6.07) is 0. The first-order valence-electron chi connectivity index (χ1n) is 4.30. The van der Waals surface area contributed by atoms with Gasteiger partial charge in [-0.15, -0.1) is 0 Å². The topological polar surface area (TPSA) is 57.4 Å². The van der Waals surface area contributed by atoms with Gasteiger partial charge in [-0.05, 0) is 12.8 Å². The van der Waals surface area contributed by atoms with E-state index in [0.717, 1.165) is 0 Å². The molecule has 1 aromatic rings. The molecule has 1 aromatic heterocycles. The summed E-state index contributed by atoms with van der Waals surface area (Å²) in [6.07, 6.45) is 4.49. The number of aromatic nitrogens is 1. The summed E-state index contributed by atoms with van der Waals surface area (Å²) in [6.45, 7) is 1.20. The van der Waals surface area contributed by atoms with Crippen LogP contribution in [0.2, 0.25) is 0 Å². The third-order valence-corrected chi connectivity index (χ3v) is 2.43. The highest BCUT2D eigenvalue weighted by Gasteiger charge is 2.21. The van der Waals surface area contributed by atoms with Gasteiger partial charge in [-0.25, -0.2) is 4.98 Å². The molecule has 2 N–H and O–H groups in total. The molecule has 1 heterocycles. The number of ether oxygens (including phenoxy) is 2. The van der Waals surface area contributed by atoms with Crippen LogP contribution in [0.5, 0.6) is 5.19 Å². The van der Waals surface area contributed by atoms with Crippen LogP contribution in [0.1, 0.15) is 12.8 Å². The zero-order valence-corrected chi connectivity index (χ0v) is 8.05. The number of hydrogen-bond acceptors (Lipinski definition) is 5. The van der Waals surface area contributed by atoms with Gasteiger partial charge < -0.3 is 15.2 Å². The van der Waals surface area contributed by atoms with Crippen molar-refractivity contribution < 1.29 is 9.47 Å². The minimum absolute atomic E-state index is 0.491. The lowest BCUT2D eigenvalue weighted by Crippen LogP contribution is -2.07. The van der Waals surface area contributed by atoms with Crippen LogP contribution in [-0.4, -0.2) is 24.3 Å². The molecule has 1 aliphatic carbocycles. The molecule has 0 spiro atoms. The van der Waals surface area contributed by atoms with Gasteiger partial charge >= 0.3 is 0 Å². The second-order valence-electron chi connectivity index (χ2n) is 2.95. The molecule has 0 bridgehead atoms. The van der Waals surface area contributed by atoms with Crippen molar-refractivity contribution in [2.75, 3.05) is 18.9 Å². The van der Waals surface area contributed by atoms with Crippen molar-refractivity contribution in [2.24, 2.45) is 0 Å². The fourth-order valence-electron chi connectivity index (χ4n) is 0.915. The van der Waals surface area contributed by atoms with Crippen molar-refractivity contribution in [3.05, 3.63) is 6.20 Å². The van der Waals surface area contributed by atoms with Gasteiger partial charge in [0, 0.05) is 0 Å². The summed E-state index contributed by atoms with van der Waals surface area (Å²) in [4.78, 5) is 3.96. The second-order valence-corrected chi connectivity index (χ2v) is 3.97. The van der Waals surface area contributed by atoms with Crippen molar-refractivity contribution in [1.82, 2.24) is 4.98 Å². The van der Waals surface area contributed by atoms with Gasteiger partial charge in [0.25, 0.3) is 5.19 Å². The Morgan fingerprint density at radius 1 is 1.54 bits per heavy atom. The van der Waals surface area contributed by atoms with Crippen molar-refractivity contribution in [1.29, 1.82) is 0 Å². The van der Waals surface area contributed by atoms with Crippen molar-refractivity contribution in [2.45, 2.75) is 18.9 Å². The highest BCUT2D eigenvalue weighted by Crippen LogP contribution is 2.24. The molecule has 0 unspecified atom stereocenters. The maximum absolute atomic E-state index is 5.49. The molecule has 0 aromatic carbocycles. The standard InChI is InChI=1S/C8H12N2O2S/c9-7-5-10-8(13-7)12-4-3-11-6-1-2-6/h5-6H,1-4,9H2. The quantitative estimate of drug-likeness (QED) is 0.727. The molecule has 13 heavy (non-hydrogen) atoms. The van der Waals surface area contributed by atoms with Gasteiger partial charge in [0.05, 0.1) is 18.9 Å². The van der Waals surface area contributed by atoms with Gasteiger partial charge in [-0.3, -0.25) is 0 Å². The fraction of sp³-hybridized carbons (Fsp3) is 0.625. The van der Waals surface area contributed by atoms with Gasteiger partial charge in [-0.1, -0.05) is 11.3 Å². The van der Waals surface area contributed by atoms with Gasteiger partial charge in [0.2, 0.25) is 0 Å². The number of nitrogens with two attached hydrogens (primary N) is 1. The molecule has 0 atom stereocenters. The van der Waals surface area contributed by atoms with E-state index in [0.29, 0.717) is 29.5 Å². The van der Waals surface area contributed by atoms with E-state index in [1.54, 1.807) is 6.20 Å². The Morgan fingerprint density at radius 3 is 3.00 bits per heavy atom. The third kappa shape index (κ3) is 2.86. The number of hydrogen-bond donors (Lipinski definition) is 1. The first-order chi connectivity index (χ1) is 6.34. The number of nitrogen functional groups attached to an aromatic ring is 1. The minimum atomic E-state index is 0.491. The summed E-state index contributed by atoms with van der Waals surface area (Å²) in [5, 5.41) is 1.30. The van der Waals surface area contributed by atoms with E-state index >= 15 is 0 Å². The van der Waals surface area contributed by atoms with Crippen LogP contribution in [0, 0.1) is 0 Å². The van der Waals surface area contributed by atoms with E-state index in [1.807, 2.05) is 0 Å². The summed E-state index contributed by atoms with van der Waals surface area (Å²) in [7, 11) is 0. The van der Waals surface area contributed by atoms with Crippen LogP contribution in [-0.2, 0) is 4.74 Å². The maximum atomic E-state index is 5.49. The largest absolute Gasteiger partial charge is 0.468 e. The van der Waals surface area contributed by atoms with Crippen molar-refractivity contribution in [3.63, 3.8) is 0 Å². The number of thiazole rings is 1. The van der Waals surface area contributed by atoms with Crippen molar-refractivity contribution in [3.8, 4) is 5.19 Å². The summed E-state index contributed by atoms with van der Waals surface area (Å²) < 4.78 is 10.7. The molecule has 72 valence electrons. The molecule has 1 aliphatic rings. The molecule has 1 saturated carbocycles. The average Bonchev–Trinajstić information content (AvgIpc) is 2.84. The van der Waals surface area contributed by atoms with E-state index in [2.05, 4.69) is 4.98 Å². The zero-order valence-electron chi connectivity index (χ0n) is 7.23. The van der Waals surface area contributed by atoms with Crippen LogP contribution in [0.25, 0.3) is 0 Å². The highest BCUT2D eigenvalue weighted by molar-refractivity contribution is 7.17. The number of rotatable bonds is 5. The molecular weight excluding hydrogens is 188 g/mol. The molecule has 2 rings (SSSR count). The summed E-state index contributed by atoms with van der Waals surface area (Å²) in [5.74, 6) is 0. The Labute approximate surface area is 80.7 Å². The molecule has 0 amide bonds. The van der Waals surface area contributed by atoms with Crippen LogP contribution in [0.4, 0.5) is 5.00 Å². The van der Waals surface area contributed by atoms with E-state index in [-0.39, 0.29) is 0 Å². The molecule has 5 heteroatoms. The van der Waals surface area contributed by atoms with Gasteiger partial charge in [-0.2, -0.15) is 0 Å². The minimum Gasteiger partial charge on any atom is -0.468 e. The Morgan fingerprint density at radius 2 is 2.38 bits per heavy atom. The van der Waals surface area contributed by atoms with Crippen molar-refractivity contribution >= 4 is 16.3 Å². The lowest BCUT2D eigenvalue weighted by Gasteiger charge is -2.02. The van der Waals surface area contributed by atoms with E-state index in [4.69, 9.17) is 15.2 Å². The lowest BCUT2D eigenvalue weighted by molar-refractivity contribution is 0.0880. The van der Waals surface area contributed by atoms with E-state index in [9.17, 15) is 0 Å². The predicted octanol–water partition coefficient (Wildman–Crippen LogP) is 1.28. The third-order valence-electron chi connectivity index (χ3n) is 1.69. The molecule has 4 nitrogen and oxygen atoms in total. The van der Waals surface area contributed by atoms with Crippen LogP contribution in [0.15, 0.2) is 6.20 Å². The van der Waals surface area contributed by atoms with Crippen LogP contribution in [0.3, 0.4) is 0 Å². The summed E-state index contributed by atoms with van der Waals surface area (Å²) >= 11 is 1.35. The monoisotopic (exact) mass is 200 g/mol. The molecule has 0 radical (unpaired) electrons. The van der Waals surface area contributed by atoms with Crippen LogP contribution < -0.4 is 10.5 Å². The smallest absolute Gasteiger partial charge is 0.275 e. The Balaban J connectivity index is 1.61. The number of nitrogens with zero attached hydrogens (tertiary/aromatic N) is 1. The highest BCUT2D eigenvalue weighted by atomic mass is 32.1. The molecule has 0 saturated heterocycles. The SMILES string of the molecule is Nc1cnc(OCCOC2CC2)s1. The summed E-state index contributed by atoms with van der Waals surface area (Å²) in [5.41, 5.74) is 5.49. The Kier molecular flexibility index (Phi) is 2.65. The number of anilines is 1. The fourth-order valence-corrected chi connectivity index (χ4v) is 1.47. The van der Waals surface area contributed by atoms with Gasteiger partial charge in [0.15, 0.2) is 0 Å². The first kappa shape index (κ1) is 8.77. The van der Waals surface area contributed by atoms with Crippen LogP contribution >= 0.6 is 11.3 Å². The Hall–Kier alpha value is -0.810. The van der Waals surface area contributed by atoms with E-state index < -0.39 is 0 Å². The molecule has 0 aliphatic heterocycles. The molecule has 1 fully saturated rings. The van der Waals surface area contributed by atoms with Gasteiger partial charge in [0.1, 0.15) is 11.6 Å². The lowest BCUT2D eigenvalue weighted by atomic mass is 10.7. The normalized spacial score (nSPS) is 16.0. The predicted molar refractivity (Wildman–Crippen MR) is 51.0 cm³/mol. The zero-order chi connectivity index (χ0) is 9.10. The second kappa shape index (κ2) is 3.93. The Bertz CT molecular complexity index is 273.